The molecular formula is C13H21NO. The molecule has 0 radical (unpaired) electrons. The van der Waals surface area contributed by atoms with E-state index in [1.165, 1.54) is 11.1 Å². The Hall–Kier alpha value is -0.860. The van der Waals surface area contributed by atoms with E-state index in [1.54, 1.807) is 0 Å². The average Bonchev–Trinajstić information content (AvgIpc) is 2.26. The minimum absolute atomic E-state index is 0.239. The third kappa shape index (κ3) is 3.65. The summed E-state index contributed by atoms with van der Waals surface area (Å²) in [6.45, 7) is 6.89. The Labute approximate surface area is 92.3 Å². The number of benzene rings is 1. The van der Waals surface area contributed by atoms with E-state index in [0.717, 1.165) is 6.42 Å². The third-order valence-electron chi connectivity index (χ3n) is 2.79. The molecule has 0 amide bonds. The van der Waals surface area contributed by atoms with Gasteiger partial charge in [-0.3, -0.25) is 0 Å². The van der Waals surface area contributed by atoms with Gasteiger partial charge < -0.3 is 10.4 Å². The standard InChI is InChI=1S/C13H21NO/c1-4-12(15)9-14-11(3)13-8-6-5-7-10(13)2/h5-8,11-12,14-15H,4,9H2,1-3H3/t11-,12?/m0/s1. The zero-order valence-corrected chi connectivity index (χ0v) is 9.83. The Kier molecular flexibility index (Phi) is 4.79. The molecule has 0 heterocycles. The Morgan fingerprint density at radius 3 is 2.60 bits per heavy atom. The van der Waals surface area contributed by atoms with Crippen molar-refractivity contribution in [1.82, 2.24) is 5.32 Å². The molecule has 2 atom stereocenters. The van der Waals surface area contributed by atoms with E-state index in [-0.39, 0.29) is 6.10 Å². The molecule has 2 heteroatoms. The van der Waals surface area contributed by atoms with Crippen molar-refractivity contribution >= 4 is 0 Å². The number of aliphatic hydroxyl groups excluding tert-OH is 1. The second-order valence-corrected chi connectivity index (χ2v) is 4.05. The highest BCUT2D eigenvalue weighted by molar-refractivity contribution is 5.28. The van der Waals surface area contributed by atoms with Crippen molar-refractivity contribution in [3.8, 4) is 0 Å². The van der Waals surface area contributed by atoms with Gasteiger partial charge in [0.15, 0.2) is 0 Å². The molecule has 1 rings (SSSR count). The van der Waals surface area contributed by atoms with Gasteiger partial charge in [0.2, 0.25) is 0 Å². The molecule has 2 nitrogen and oxygen atoms in total. The van der Waals surface area contributed by atoms with Crippen molar-refractivity contribution in [2.45, 2.75) is 39.3 Å². The zero-order chi connectivity index (χ0) is 11.3. The highest BCUT2D eigenvalue weighted by Gasteiger charge is 2.08. The largest absolute Gasteiger partial charge is 0.392 e. The van der Waals surface area contributed by atoms with E-state index >= 15 is 0 Å². The summed E-state index contributed by atoms with van der Waals surface area (Å²) in [6, 6.07) is 8.64. The maximum absolute atomic E-state index is 9.46. The van der Waals surface area contributed by atoms with Crippen LogP contribution in [-0.2, 0) is 0 Å². The molecule has 0 aliphatic rings. The molecule has 0 bridgehead atoms. The Bertz CT molecular complexity index is 298. The van der Waals surface area contributed by atoms with Crippen LogP contribution in [0.1, 0.15) is 37.4 Å². The molecule has 0 fully saturated rings. The number of rotatable bonds is 5. The van der Waals surface area contributed by atoms with Crippen molar-refractivity contribution in [2.24, 2.45) is 0 Å². The molecule has 84 valence electrons. The van der Waals surface area contributed by atoms with Gasteiger partial charge in [0, 0.05) is 12.6 Å². The molecule has 1 aromatic rings. The molecule has 0 aliphatic heterocycles. The van der Waals surface area contributed by atoms with E-state index in [1.807, 2.05) is 13.0 Å². The summed E-state index contributed by atoms with van der Waals surface area (Å²) in [5.41, 5.74) is 2.60. The van der Waals surface area contributed by atoms with Gasteiger partial charge in [-0.2, -0.15) is 0 Å². The summed E-state index contributed by atoms with van der Waals surface area (Å²) in [6.07, 6.45) is 0.560. The minimum atomic E-state index is -0.239. The number of hydrogen-bond donors (Lipinski definition) is 2. The van der Waals surface area contributed by atoms with E-state index in [9.17, 15) is 5.11 Å². The highest BCUT2D eigenvalue weighted by Crippen LogP contribution is 2.16. The van der Waals surface area contributed by atoms with Crippen molar-refractivity contribution in [1.29, 1.82) is 0 Å². The predicted molar refractivity (Wildman–Crippen MR) is 63.9 cm³/mol. The molecule has 1 unspecified atom stereocenters. The van der Waals surface area contributed by atoms with Crippen LogP contribution in [0.15, 0.2) is 24.3 Å². The van der Waals surface area contributed by atoms with Gasteiger partial charge in [-0.1, -0.05) is 31.2 Å². The Balaban J connectivity index is 2.54. The number of nitrogens with one attached hydrogen (secondary N) is 1. The lowest BCUT2D eigenvalue weighted by Gasteiger charge is -2.18. The number of hydrogen-bond acceptors (Lipinski definition) is 2. The van der Waals surface area contributed by atoms with Crippen LogP contribution in [0.5, 0.6) is 0 Å². The topological polar surface area (TPSA) is 32.3 Å². The van der Waals surface area contributed by atoms with Gasteiger partial charge in [0.1, 0.15) is 0 Å². The van der Waals surface area contributed by atoms with Crippen LogP contribution >= 0.6 is 0 Å². The zero-order valence-electron chi connectivity index (χ0n) is 9.83. The molecule has 0 saturated carbocycles. The van der Waals surface area contributed by atoms with E-state index in [2.05, 4.69) is 37.4 Å². The number of aryl methyl sites for hydroxylation is 1. The molecule has 15 heavy (non-hydrogen) atoms. The first kappa shape index (κ1) is 12.2. The summed E-state index contributed by atoms with van der Waals surface area (Å²) < 4.78 is 0. The molecule has 2 N–H and O–H groups in total. The van der Waals surface area contributed by atoms with Crippen LogP contribution < -0.4 is 5.32 Å². The summed E-state index contributed by atoms with van der Waals surface area (Å²) in [4.78, 5) is 0. The van der Waals surface area contributed by atoms with Gasteiger partial charge in [-0.05, 0) is 31.4 Å². The van der Waals surface area contributed by atoms with Crippen molar-refractivity contribution in [3.63, 3.8) is 0 Å². The van der Waals surface area contributed by atoms with Crippen molar-refractivity contribution < 1.29 is 5.11 Å². The lowest BCUT2D eigenvalue weighted by Crippen LogP contribution is -2.28. The summed E-state index contributed by atoms with van der Waals surface area (Å²) in [5, 5.41) is 12.8. The predicted octanol–water partition coefficient (Wildman–Crippen LogP) is 2.42. The van der Waals surface area contributed by atoms with Crippen molar-refractivity contribution in [3.05, 3.63) is 35.4 Å². The fraction of sp³-hybridized carbons (Fsp3) is 0.538. The van der Waals surface area contributed by atoms with E-state index in [0.29, 0.717) is 12.6 Å². The lowest BCUT2D eigenvalue weighted by atomic mass is 10.0. The second kappa shape index (κ2) is 5.89. The smallest absolute Gasteiger partial charge is 0.0662 e. The Morgan fingerprint density at radius 1 is 1.33 bits per heavy atom. The highest BCUT2D eigenvalue weighted by atomic mass is 16.3. The monoisotopic (exact) mass is 207 g/mol. The molecule has 0 aliphatic carbocycles. The van der Waals surface area contributed by atoms with Crippen molar-refractivity contribution in [2.75, 3.05) is 6.54 Å². The maximum Gasteiger partial charge on any atom is 0.0662 e. The van der Waals surface area contributed by atoms with E-state index < -0.39 is 0 Å². The number of aliphatic hydroxyl groups is 1. The Morgan fingerprint density at radius 2 is 2.00 bits per heavy atom. The van der Waals surface area contributed by atoms with Crippen LogP contribution in [0.25, 0.3) is 0 Å². The van der Waals surface area contributed by atoms with Gasteiger partial charge in [0.25, 0.3) is 0 Å². The third-order valence-corrected chi connectivity index (χ3v) is 2.79. The van der Waals surface area contributed by atoms with Gasteiger partial charge >= 0.3 is 0 Å². The first-order chi connectivity index (χ1) is 7.15. The second-order valence-electron chi connectivity index (χ2n) is 4.05. The minimum Gasteiger partial charge on any atom is -0.392 e. The normalized spacial score (nSPS) is 14.9. The van der Waals surface area contributed by atoms with Gasteiger partial charge in [-0.15, -0.1) is 0 Å². The molecule has 0 spiro atoms. The van der Waals surface area contributed by atoms with Crippen LogP contribution in [0.3, 0.4) is 0 Å². The average molecular weight is 207 g/mol. The lowest BCUT2D eigenvalue weighted by molar-refractivity contribution is 0.163. The molecule has 0 saturated heterocycles. The molecular weight excluding hydrogens is 186 g/mol. The van der Waals surface area contributed by atoms with E-state index in [4.69, 9.17) is 0 Å². The van der Waals surface area contributed by atoms with Crippen LogP contribution in [-0.4, -0.2) is 17.8 Å². The first-order valence-corrected chi connectivity index (χ1v) is 5.62. The SMILES string of the molecule is CCC(O)CN[C@@H](C)c1ccccc1C. The maximum atomic E-state index is 9.46. The van der Waals surface area contributed by atoms with Gasteiger partial charge in [0.05, 0.1) is 6.10 Å². The fourth-order valence-corrected chi connectivity index (χ4v) is 1.64. The van der Waals surface area contributed by atoms with Crippen LogP contribution in [0.2, 0.25) is 0 Å². The quantitative estimate of drug-likeness (QED) is 0.777. The fourth-order valence-electron chi connectivity index (χ4n) is 1.64. The van der Waals surface area contributed by atoms with Crippen LogP contribution in [0, 0.1) is 6.92 Å². The molecule has 1 aromatic carbocycles. The summed E-state index contributed by atoms with van der Waals surface area (Å²) in [7, 11) is 0. The van der Waals surface area contributed by atoms with Gasteiger partial charge in [-0.25, -0.2) is 0 Å². The summed E-state index contributed by atoms with van der Waals surface area (Å²) >= 11 is 0. The van der Waals surface area contributed by atoms with Crippen LogP contribution in [0.4, 0.5) is 0 Å². The summed E-state index contributed by atoms with van der Waals surface area (Å²) in [5.74, 6) is 0. The first-order valence-electron chi connectivity index (χ1n) is 5.62. The molecule has 0 aromatic heterocycles.